The van der Waals surface area contributed by atoms with Crippen LogP contribution in [-0.4, -0.2) is 18.0 Å². The van der Waals surface area contributed by atoms with Gasteiger partial charge in [-0.2, -0.15) is 0 Å². The summed E-state index contributed by atoms with van der Waals surface area (Å²) in [5, 5.41) is 9.18. The number of carbonyl (C=O) groups excluding carboxylic acids is 1. The monoisotopic (exact) mass is 282 g/mol. The highest BCUT2D eigenvalue weighted by Gasteiger charge is 2.00. The Morgan fingerprint density at radius 3 is 2.38 bits per heavy atom. The fraction of sp³-hybridized carbons (Fsp3) is 0.167. The second-order valence-electron chi connectivity index (χ2n) is 4.70. The lowest BCUT2D eigenvalue weighted by Crippen LogP contribution is -1.93. The van der Waals surface area contributed by atoms with Gasteiger partial charge in [-0.1, -0.05) is 18.2 Å². The van der Waals surface area contributed by atoms with Crippen LogP contribution in [0.25, 0.3) is 0 Å². The molecule has 0 heterocycles. The summed E-state index contributed by atoms with van der Waals surface area (Å²) in [6.45, 7) is 0. The van der Waals surface area contributed by atoms with E-state index < -0.39 is 0 Å². The first-order chi connectivity index (χ1) is 10.2. The number of ether oxygens (including phenoxy) is 1. The third-order valence-corrected chi connectivity index (χ3v) is 3.18. The molecule has 0 unspecified atom stereocenters. The molecule has 0 bridgehead atoms. The normalized spacial score (nSPS) is 10.7. The first-order valence-electron chi connectivity index (χ1n) is 6.82. The van der Waals surface area contributed by atoms with Crippen molar-refractivity contribution in [2.24, 2.45) is 0 Å². The van der Waals surface area contributed by atoms with Crippen molar-refractivity contribution in [3.63, 3.8) is 0 Å². The first-order valence-corrected chi connectivity index (χ1v) is 6.82. The number of methoxy groups -OCH3 is 1. The summed E-state index contributed by atoms with van der Waals surface area (Å²) in [5.41, 5.74) is 1.78. The van der Waals surface area contributed by atoms with Gasteiger partial charge in [-0.25, -0.2) is 0 Å². The van der Waals surface area contributed by atoms with Gasteiger partial charge in [0, 0.05) is 5.56 Å². The molecule has 108 valence electrons. The number of hydrogen-bond donors (Lipinski definition) is 1. The molecule has 0 saturated heterocycles. The molecule has 0 fully saturated rings. The lowest BCUT2D eigenvalue weighted by atomic mass is 10.1. The van der Waals surface area contributed by atoms with Gasteiger partial charge < -0.3 is 9.84 Å². The molecule has 2 aromatic rings. The van der Waals surface area contributed by atoms with E-state index in [1.807, 2.05) is 30.3 Å². The topological polar surface area (TPSA) is 46.5 Å². The number of benzene rings is 2. The van der Waals surface area contributed by atoms with Crippen molar-refractivity contribution in [2.45, 2.75) is 12.8 Å². The number of ketones is 1. The van der Waals surface area contributed by atoms with Gasteiger partial charge in [-0.3, -0.25) is 4.79 Å². The molecule has 0 saturated carbocycles. The van der Waals surface area contributed by atoms with Crippen LogP contribution in [-0.2, 0) is 6.42 Å². The standard InChI is InChI=1S/C18H18O3/c1-21-17-12-6-14(7-13-17)4-2-3-5-18(20)15-8-10-16(19)11-9-15/h3,5-13,19H,2,4H2,1H3/b5-3+. The van der Waals surface area contributed by atoms with Crippen molar-refractivity contribution in [3.8, 4) is 11.5 Å². The Hall–Kier alpha value is -2.55. The zero-order valence-electron chi connectivity index (χ0n) is 12.0. The average molecular weight is 282 g/mol. The van der Waals surface area contributed by atoms with E-state index >= 15 is 0 Å². The zero-order valence-corrected chi connectivity index (χ0v) is 12.0. The van der Waals surface area contributed by atoms with Gasteiger partial charge in [0.05, 0.1) is 7.11 Å². The molecule has 3 nitrogen and oxygen atoms in total. The molecular weight excluding hydrogens is 264 g/mol. The summed E-state index contributed by atoms with van der Waals surface area (Å²) in [6.07, 6.45) is 5.13. The predicted molar refractivity (Wildman–Crippen MR) is 82.9 cm³/mol. The van der Waals surface area contributed by atoms with Gasteiger partial charge in [0.15, 0.2) is 5.78 Å². The summed E-state index contributed by atoms with van der Waals surface area (Å²) >= 11 is 0. The lowest BCUT2D eigenvalue weighted by Gasteiger charge is -2.01. The fourth-order valence-corrected chi connectivity index (χ4v) is 1.95. The van der Waals surface area contributed by atoms with Crippen LogP contribution in [0.15, 0.2) is 60.7 Å². The van der Waals surface area contributed by atoms with Crippen LogP contribution in [0.3, 0.4) is 0 Å². The molecule has 21 heavy (non-hydrogen) atoms. The van der Waals surface area contributed by atoms with E-state index in [0.717, 1.165) is 18.6 Å². The van der Waals surface area contributed by atoms with Crippen molar-refractivity contribution in [1.82, 2.24) is 0 Å². The lowest BCUT2D eigenvalue weighted by molar-refractivity contribution is 0.104. The molecule has 0 aliphatic carbocycles. The van der Waals surface area contributed by atoms with Crippen LogP contribution in [0.2, 0.25) is 0 Å². The Balaban J connectivity index is 1.84. The van der Waals surface area contributed by atoms with Crippen molar-refractivity contribution in [2.75, 3.05) is 7.11 Å². The second-order valence-corrected chi connectivity index (χ2v) is 4.70. The largest absolute Gasteiger partial charge is 0.508 e. The molecule has 0 aliphatic rings. The van der Waals surface area contributed by atoms with E-state index in [2.05, 4.69) is 0 Å². The Kier molecular flexibility index (Phi) is 5.16. The first kappa shape index (κ1) is 14.9. The smallest absolute Gasteiger partial charge is 0.185 e. The molecular formula is C18H18O3. The van der Waals surface area contributed by atoms with Crippen LogP contribution in [0.1, 0.15) is 22.3 Å². The van der Waals surface area contributed by atoms with E-state index in [1.54, 1.807) is 25.3 Å². The second kappa shape index (κ2) is 7.29. The Morgan fingerprint density at radius 1 is 1.10 bits per heavy atom. The van der Waals surface area contributed by atoms with Crippen LogP contribution < -0.4 is 4.74 Å². The number of rotatable bonds is 6. The van der Waals surface area contributed by atoms with E-state index in [9.17, 15) is 9.90 Å². The predicted octanol–water partition coefficient (Wildman–Crippen LogP) is 3.77. The van der Waals surface area contributed by atoms with Crippen molar-refractivity contribution in [3.05, 3.63) is 71.8 Å². The van der Waals surface area contributed by atoms with Gasteiger partial charge in [0.25, 0.3) is 0 Å². The van der Waals surface area contributed by atoms with Gasteiger partial charge in [0.2, 0.25) is 0 Å². The third-order valence-electron chi connectivity index (χ3n) is 3.18. The SMILES string of the molecule is COc1ccc(CC/C=C/C(=O)c2ccc(O)cc2)cc1. The van der Waals surface area contributed by atoms with Gasteiger partial charge in [0.1, 0.15) is 11.5 Å². The van der Waals surface area contributed by atoms with E-state index in [-0.39, 0.29) is 11.5 Å². The average Bonchev–Trinajstić information content (AvgIpc) is 2.52. The molecule has 2 aromatic carbocycles. The highest BCUT2D eigenvalue weighted by atomic mass is 16.5. The zero-order chi connectivity index (χ0) is 15.1. The Bertz CT molecular complexity index is 610. The molecule has 1 N–H and O–H groups in total. The number of phenols is 1. The van der Waals surface area contributed by atoms with Gasteiger partial charge >= 0.3 is 0 Å². The van der Waals surface area contributed by atoms with Crippen LogP contribution in [0, 0.1) is 0 Å². The summed E-state index contributed by atoms with van der Waals surface area (Å²) in [4.78, 5) is 11.9. The van der Waals surface area contributed by atoms with E-state index in [0.29, 0.717) is 5.56 Å². The number of phenolic OH excluding ortho intramolecular Hbond substituents is 1. The number of carbonyl (C=O) groups is 1. The minimum absolute atomic E-state index is 0.0512. The molecule has 2 rings (SSSR count). The summed E-state index contributed by atoms with van der Waals surface area (Å²) < 4.78 is 5.11. The molecule has 0 atom stereocenters. The van der Waals surface area contributed by atoms with Gasteiger partial charge in [-0.05, 0) is 60.9 Å². The maximum Gasteiger partial charge on any atom is 0.185 e. The van der Waals surface area contributed by atoms with Crippen LogP contribution >= 0.6 is 0 Å². The minimum Gasteiger partial charge on any atom is -0.508 e. The number of aryl methyl sites for hydroxylation is 1. The number of allylic oxidation sites excluding steroid dienone is 2. The molecule has 0 spiro atoms. The van der Waals surface area contributed by atoms with E-state index in [4.69, 9.17) is 4.74 Å². The number of hydrogen-bond acceptors (Lipinski definition) is 3. The Labute approximate surface area is 124 Å². The maximum atomic E-state index is 11.9. The fourth-order valence-electron chi connectivity index (χ4n) is 1.95. The summed E-state index contributed by atoms with van der Waals surface area (Å²) in [5.74, 6) is 0.955. The van der Waals surface area contributed by atoms with Gasteiger partial charge in [-0.15, -0.1) is 0 Å². The summed E-state index contributed by atoms with van der Waals surface area (Å²) in [6, 6.07) is 14.2. The molecule has 3 heteroatoms. The van der Waals surface area contributed by atoms with E-state index in [1.165, 1.54) is 17.7 Å². The summed E-state index contributed by atoms with van der Waals surface area (Å²) in [7, 11) is 1.65. The van der Waals surface area contributed by atoms with Crippen molar-refractivity contribution < 1.29 is 14.6 Å². The molecule has 0 aliphatic heterocycles. The Morgan fingerprint density at radius 2 is 1.76 bits per heavy atom. The third kappa shape index (κ3) is 4.49. The van der Waals surface area contributed by atoms with Crippen LogP contribution in [0.5, 0.6) is 11.5 Å². The highest BCUT2D eigenvalue weighted by Crippen LogP contribution is 2.13. The highest BCUT2D eigenvalue weighted by molar-refractivity contribution is 6.04. The minimum atomic E-state index is -0.0512. The maximum absolute atomic E-state index is 11.9. The van der Waals surface area contributed by atoms with Crippen molar-refractivity contribution >= 4 is 5.78 Å². The quantitative estimate of drug-likeness (QED) is 0.648. The van der Waals surface area contributed by atoms with Crippen molar-refractivity contribution in [1.29, 1.82) is 0 Å². The molecule has 0 radical (unpaired) electrons. The molecule has 0 amide bonds. The number of aromatic hydroxyl groups is 1. The molecule has 0 aromatic heterocycles. The van der Waals surface area contributed by atoms with Crippen LogP contribution in [0.4, 0.5) is 0 Å².